The molecular formula is C18H16Cl2N8O4. The molecule has 0 unspecified atom stereocenters. The first kappa shape index (κ1) is 24.4. The molecule has 1 amide bonds. The third kappa shape index (κ3) is 6.84. The zero-order chi connectivity index (χ0) is 23.5. The van der Waals surface area contributed by atoms with E-state index in [1.165, 1.54) is 23.1 Å². The van der Waals surface area contributed by atoms with Crippen LogP contribution < -0.4 is 20.5 Å². The summed E-state index contributed by atoms with van der Waals surface area (Å²) in [4.78, 5) is 32.2. The van der Waals surface area contributed by atoms with E-state index in [1.807, 2.05) is 12.1 Å². The van der Waals surface area contributed by atoms with Crippen molar-refractivity contribution in [1.29, 1.82) is 10.5 Å². The number of nitrogens with one attached hydrogen (secondary N) is 2. The lowest BCUT2D eigenvalue weighted by molar-refractivity contribution is -0.383. The molecule has 0 fully saturated rings. The van der Waals surface area contributed by atoms with Gasteiger partial charge in [0.05, 0.1) is 34.9 Å². The van der Waals surface area contributed by atoms with Gasteiger partial charge in [0.25, 0.3) is 5.91 Å². The van der Waals surface area contributed by atoms with Crippen LogP contribution in [0.2, 0.25) is 10.0 Å². The number of carbonyl (C=O) groups is 1. The van der Waals surface area contributed by atoms with Gasteiger partial charge in [0.1, 0.15) is 12.1 Å². The van der Waals surface area contributed by atoms with E-state index in [-0.39, 0.29) is 48.3 Å². The number of aromatic nitrogens is 2. The van der Waals surface area contributed by atoms with E-state index in [4.69, 9.17) is 38.5 Å². The highest BCUT2D eigenvalue weighted by Crippen LogP contribution is 2.31. The normalized spacial score (nSPS) is 9.88. The van der Waals surface area contributed by atoms with E-state index < -0.39 is 23.1 Å². The van der Waals surface area contributed by atoms with Crippen LogP contribution in [0.4, 0.5) is 17.3 Å². The molecule has 14 heteroatoms. The molecule has 0 aliphatic rings. The second kappa shape index (κ2) is 12.1. The highest BCUT2D eigenvalue weighted by atomic mass is 35.5. The fraction of sp³-hybridized carbons (Fsp3) is 0.278. The Morgan fingerprint density at radius 1 is 1.22 bits per heavy atom. The number of hydrogen-bond acceptors (Lipinski definition) is 10. The van der Waals surface area contributed by atoms with Crippen molar-refractivity contribution in [3.8, 4) is 17.9 Å². The smallest absolute Gasteiger partial charge is 0.355 e. The summed E-state index contributed by atoms with van der Waals surface area (Å²) in [6, 6.07) is 8.36. The second-order valence-electron chi connectivity index (χ2n) is 5.99. The molecule has 1 aromatic carbocycles. The van der Waals surface area contributed by atoms with Crippen LogP contribution in [0.25, 0.3) is 0 Å². The van der Waals surface area contributed by atoms with Gasteiger partial charge in [0.15, 0.2) is 6.61 Å². The minimum Gasteiger partial charge on any atom is -0.482 e. The fourth-order valence-corrected chi connectivity index (χ4v) is 2.92. The Kier molecular flexibility index (Phi) is 9.22. The van der Waals surface area contributed by atoms with Gasteiger partial charge in [-0.05, 0) is 18.2 Å². The number of benzene rings is 1. The highest BCUT2D eigenvalue weighted by molar-refractivity contribution is 6.35. The SMILES string of the molecule is N#CCCN(CCC#N)c1ncnc(NNC(=O)COc2ccc(Cl)cc2Cl)c1[N+](=O)[O-]. The Bertz CT molecular complexity index is 1050. The predicted octanol–water partition coefficient (Wildman–Crippen LogP) is 2.85. The standard InChI is InChI=1S/C18H16Cl2N8O4/c19-12-3-4-14(13(20)9-12)32-10-15(29)25-26-17-16(28(30)31)18(24-11-23-17)27(7-1-5-21)8-2-6-22/h3-4,9,11H,1-2,7-8,10H2,(H,25,29)(H,23,24,26). The number of hydrazine groups is 1. The average Bonchev–Trinajstić information content (AvgIpc) is 2.76. The lowest BCUT2D eigenvalue weighted by atomic mass is 10.3. The molecule has 1 aromatic heterocycles. The molecule has 0 aliphatic heterocycles. The van der Waals surface area contributed by atoms with E-state index in [1.54, 1.807) is 0 Å². The molecule has 1 heterocycles. The summed E-state index contributed by atoms with van der Waals surface area (Å²) in [5.41, 5.74) is 4.10. The third-order valence-corrected chi connectivity index (χ3v) is 4.38. The number of halogens is 2. The van der Waals surface area contributed by atoms with Crippen molar-refractivity contribution >= 4 is 46.4 Å². The highest BCUT2D eigenvalue weighted by Gasteiger charge is 2.27. The Morgan fingerprint density at radius 2 is 1.91 bits per heavy atom. The maximum absolute atomic E-state index is 12.1. The van der Waals surface area contributed by atoms with Crippen LogP contribution in [0, 0.1) is 32.8 Å². The third-order valence-electron chi connectivity index (χ3n) is 3.85. The largest absolute Gasteiger partial charge is 0.482 e. The fourth-order valence-electron chi connectivity index (χ4n) is 2.45. The van der Waals surface area contributed by atoms with Gasteiger partial charge in [-0.2, -0.15) is 10.5 Å². The monoisotopic (exact) mass is 478 g/mol. The molecule has 0 saturated carbocycles. The van der Waals surface area contributed by atoms with Crippen molar-refractivity contribution in [1.82, 2.24) is 15.4 Å². The summed E-state index contributed by atoms with van der Waals surface area (Å²) < 4.78 is 5.29. The number of nitriles is 2. The quantitative estimate of drug-likeness (QED) is 0.361. The van der Waals surface area contributed by atoms with Gasteiger partial charge in [0.2, 0.25) is 11.6 Å². The first-order valence-corrected chi connectivity index (χ1v) is 9.74. The van der Waals surface area contributed by atoms with Gasteiger partial charge in [-0.25, -0.2) is 9.97 Å². The molecule has 2 aromatic rings. The number of anilines is 2. The average molecular weight is 479 g/mol. The Morgan fingerprint density at radius 3 is 2.50 bits per heavy atom. The maximum Gasteiger partial charge on any atom is 0.355 e. The molecule has 0 atom stereocenters. The van der Waals surface area contributed by atoms with E-state index in [2.05, 4.69) is 20.8 Å². The Balaban J connectivity index is 2.12. The van der Waals surface area contributed by atoms with E-state index >= 15 is 0 Å². The van der Waals surface area contributed by atoms with Crippen LogP contribution in [-0.2, 0) is 4.79 Å². The van der Waals surface area contributed by atoms with Gasteiger partial charge < -0.3 is 9.64 Å². The van der Waals surface area contributed by atoms with Gasteiger partial charge >= 0.3 is 5.69 Å². The molecular weight excluding hydrogens is 463 g/mol. The van der Waals surface area contributed by atoms with Crippen molar-refractivity contribution < 1.29 is 14.5 Å². The van der Waals surface area contributed by atoms with Gasteiger partial charge in [-0.1, -0.05) is 23.2 Å². The van der Waals surface area contributed by atoms with Crippen LogP contribution in [0.15, 0.2) is 24.5 Å². The number of amides is 1. The molecule has 0 saturated heterocycles. The minimum atomic E-state index is -0.723. The lowest BCUT2D eigenvalue weighted by Crippen LogP contribution is -2.34. The summed E-state index contributed by atoms with van der Waals surface area (Å²) in [7, 11) is 0. The summed E-state index contributed by atoms with van der Waals surface area (Å²) in [5.74, 6) is -0.809. The van der Waals surface area contributed by atoms with Crippen LogP contribution in [0.5, 0.6) is 5.75 Å². The summed E-state index contributed by atoms with van der Waals surface area (Å²) in [6.45, 7) is -0.203. The maximum atomic E-state index is 12.1. The van der Waals surface area contributed by atoms with Gasteiger partial charge in [0, 0.05) is 18.1 Å². The zero-order valence-corrected chi connectivity index (χ0v) is 17.9. The first-order valence-electron chi connectivity index (χ1n) is 8.98. The van der Waals surface area contributed by atoms with Crippen molar-refractivity contribution in [2.45, 2.75) is 12.8 Å². The topological polar surface area (TPSA) is 170 Å². The number of hydrogen-bond donors (Lipinski definition) is 2. The van der Waals surface area contributed by atoms with Crippen molar-refractivity contribution in [2.24, 2.45) is 0 Å². The number of ether oxygens (including phenoxy) is 1. The van der Waals surface area contributed by atoms with Gasteiger partial charge in [-0.3, -0.25) is 25.8 Å². The van der Waals surface area contributed by atoms with Crippen LogP contribution in [0.3, 0.4) is 0 Å². The number of carbonyl (C=O) groups excluding carboxylic acids is 1. The van der Waals surface area contributed by atoms with Crippen molar-refractivity contribution in [2.75, 3.05) is 30.0 Å². The van der Waals surface area contributed by atoms with Crippen LogP contribution in [0.1, 0.15) is 12.8 Å². The zero-order valence-electron chi connectivity index (χ0n) is 16.4. The Hall–Kier alpha value is -3.87. The van der Waals surface area contributed by atoms with Crippen molar-refractivity contribution in [3.05, 3.63) is 44.7 Å². The molecule has 32 heavy (non-hydrogen) atoms. The number of nitrogens with zero attached hydrogens (tertiary/aromatic N) is 6. The van der Waals surface area contributed by atoms with Crippen molar-refractivity contribution in [3.63, 3.8) is 0 Å². The predicted molar refractivity (Wildman–Crippen MR) is 115 cm³/mol. The minimum absolute atomic E-state index is 0.0662. The molecule has 2 N–H and O–H groups in total. The molecule has 2 rings (SSSR count). The molecule has 0 bridgehead atoms. The molecule has 12 nitrogen and oxygen atoms in total. The summed E-state index contributed by atoms with van der Waals surface area (Å²) in [5, 5.41) is 30.0. The molecule has 0 spiro atoms. The van der Waals surface area contributed by atoms with E-state index in [0.717, 1.165) is 6.33 Å². The second-order valence-corrected chi connectivity index (χ2v) is 6.84. The van der Waals surface area contributed by atoms with E-state index in [9.17, 15) is 14.9 Å². The molecule has 0 aliphatic carbocycles. The van der Waals surface area contributed by atoms with Crippen LogP contribution in [-0.4, -0.2) is 40.5 Å². The number of rotatable bonds is 11. The summed E-state index contributed by atoms with van der Waals surface area (Å²) >= 11 is 11.8. The lowest BCUT2D eigenvalue weighted by Gasteiger charge is -2.21. The van der Waals surface area contributed by atoms with E-state index in [0.29, 0.717) is 5.02 Å². The van der Waals surface area contributed by atoms with Gasteiger partial charge in [-0.15, -0.1) is 0 Å². The Labute approximate surface area is 192 Å². The molecule has 166 valence electrons. The first-order chi connectivity index (χ1) is 15.4. The number of nitro groups is 1. The molecule has 0 radical (unpaired) electrons. The van der Waals surface area contributed by atoms with Crippen LogP contribution >= 0.6 is 23.2 Å². The summed E-state index contributed by atoms with van der Waals surface area (Å²) in [6.07, 6.45) is 1.19.